The van der Waals surface area contributed by atoms with Crippen LogP contribution >= 0.6 is 0 Å². The molecule has 3 rings (SSSR count). The summed E-state index contributed by atoms with van der Waals surface area (Å²) < 4.78 is 0. The lowest BCUT2D eigenvalue weighted by Crippen LogP contribution is -2.44. The second-order valence-electron chi connectivity index (χ2n) is 5.02. The van der Waals surface area contributed by atoms with Crippen molar-refractivity contribution >= 4 is 17.5 Å². The molecule has 2 aromatic rings. The zero-order valence-corrected chi connectivity index (χ0v) is 12.2. The van der Waals surface area contributed by atoms with Crippen molar-refractivity contribution < 1.29 is 14.4 Å². The number of carbonyl (C=O) groups is 2. The van der Waals surface area contributed by atoms with Gasteiger partial charge in [-0.25, -0.2) is 0 Å². The fourth-order valence-corrected chi connectivity index (χ4v) is 2.21. The Morgan fingerprint density at radius 2 is 1.52 bits per heavy atom. The first kappa shape index (κ1) is 14.8. The van der Waals surface area contributed by atoms with Crippen LogP contribution in [0.3, 0.4) is 0 Å². The van der Waals surface area contributed by atoms with Crippen LogP contribution in [0.1, 0.15) is 28.4 Å². The number of amides is 2. The first-order valence-electron chi connectivity index (χ1n) is 7.17. The summed E-state index contributed by atoms with van der Waals surface area (Å²) >= 11 is 0. The van der Waals surface area contributed by atoms with Crippen LogP contribution in [0, 0.1) is 0 Å². The van der Waals surface area contributed by atoms with Crippen molar-refractivity contribution in [2.24, 2.45) is 5.16 Å². The Balaban J connectivity index is 1.53. The number of hydrogen-bond acceptors (Lipinski definition) is 4. The van der Waals surface area contributed by atoms with E-state index in [9.17, 15) is 9.59 Å². The highest BCUT2D eigenvalue weighted by molar-refractivity contribution is 6.39. The molecule has 2 amide bonds. The number of hydrazine groups is 1. The van der Waals surface area contributed by atoms with Gasteiger partial charge < -0.3 is 4.84 Å². The molecule has 116 valence electrons. The Hall–Kier alpha value is -3.15. The third-order valence-corrected chi connectivity index (χ3v) is 3.43. The number of benzene rings is 2. The minimum absolute atomic E-state index is 0.243. The van der Waals surface area contributed by atoms with Gasteiger partial charge in [-0.2, -0.15) is 0 Å². The zero-order valence-electron chi connectivity index (χ0n) is 12.2. The van der Waals surface area contributed by atoms with Gasteiger partial charge in [-0.05, 0) is 17.7 Å². The van der Waals surface area contributed by atoms with Gasteiger partial charge in [0.05, 0.1) is 0 Å². The van der Waals surface area contributed by atoms with Crippen molar-refractivity contribution in [3.05, 3.63) is 71.8 Å². The fourth-order valence-electron chi connectivity index (χ4n) is 2.21. The second-order valence-corrected chi connectivity index (χ2v) is 5.02. The summed E-state index contributed by atoms with van der Waals surface area (Å²) in [6, 6.07) is 18.2. The van der Waals surface area contributed by atoms with Crippen LogP contribution in [0.4, 0.5) is 0 Å². The molecular formula is C17H15N3O3. The molecule has 2 N–H and O–H groups in total. The molecular weight excluding hydrogens is 294 g/mol. The van der Waals surface area contributed by atoms with Gasteiger partial charge in [0.25, 0.3) is 11.8 Å². The van der Waals surface area contributed by atoms with E-state index in [0.29, 0.717) is 12.0 Å². The molecule has 23 heavy (non-hydrogen) atoms. The summed E-state index contributed by atoms with van der Waals surface area (Å²) in [7, 11) is 0. The lowest BCUT2D eigenvalue weighted by Gasteiger charge is -2.08. The van der Waals surface area contributed by atoms with Crippen molar-refractivity contribution in [3.8, 4) is 0 Å². The maximum Gasteiger partial charge on any atom is 0.287 e. The molecule has 0 spiro atoms. The Morgan fingerprint density at radius 3 is 2.22 bits per heavy atom. The standard InChI is InChI=1S/C17H15N3O3/c21-16(13-9-5-2-6-10-13)18-19-17(22)14-11-15(23-20-14)12-7-3-1-4-8-12/h1-10,15H,11H2,(H,18,21)(H,19,22). The van der Waals surface area contributed by atoms with E-state index in [1.165, 1.54) is 0 Å². The van der Waals surface area contributed by atoms with E-state index < -0.39 is 11.8 Å². The van der Waals surface area contributed by atoms with Crippen LogP contribution < -0.4 is 10.9 Å². The monoisotopic (exact) mass is 309 g/mol. The predicted octanol–water partition coefficient (Wildman–Crippen LogP) is 1.97. The van der Waals surface area contributed by atoms with Crippen molar-refractivity contribution in [2.45, 2.75) is 12.5 Å². The predicted molar refractivity (Wildman–Crippen MR) is 84.4 cm³/mol. The van der Waals surface area contributed by atoms with E-state index in [2.05, 4.69) is 16.0 Å². The molecule has 2 aromatic carbocycles. The highest BCUT2D eigenvalue weighted by Gasteiger charge is 2.27. The van der Waals surface area contributed by atoms with Crippen LogP contribution in [0.25, 0.3) is 0 Å². The zero-order chi connectivity index (χ0) is 16.1. The average molecular weight is 309 g/mol. The molecule has 0 aliphatic carbocycles. The normalized spacial score (nSPS) is 16.2. The van der Waals surface area contributed by atoms with E-state index in [-0.39, 0.29) is 11.8 Å². The molecule has 6 nitrogen and oxygen atoms in total. The van der Waals surface area contributed by atoms with E-state index in [1.54, 1.807) is 24.3 Å². The Morgan fingerprint density at radius 1 is 0.913 bits per heavy atom. The molecule has 0 saturated heterocycles. The highest BCUT2D eigenvalue weighted by atomic mass is 16.6. The van der Waals surface area contributed by atoms with Crippen molar-refractivity contribution in [1.29, 1.82) is 0 Å². The van der Waals surface area contributed by atoms with Gasteiger partial charge in [0.1, 0.15) is 0 Å². The van der Waals surface area contributed by atoms with Gasteiger partial charge in [-0.15, -0.1) is 0 Å². The summed E-state index contributed by atoms with van der Waals surface area (Å²) in [6.07, 6.45) is 0.0821. The van der Waals surface area contributed by atoms with Crippen LogP contribution in [0.2, 0.25) is 0 Å². The lowest BCUT2D eigenvalue weighted by atomic mass is 10.0. The van der Waals surface area contributed by atoms with Crippen LogP contribution in [0.5, 0.6) is 0 Å². The molecule has 0 fully saturated rings. The van der Waals surface area contributed by atoms with E-state index in [4.69, 9.17) is 4.84 Å². The van der Waals surface area contributed by atoms with Gasteiger partial charge in [-0.3, -0.25) is 20.4 Å². The van der Waals surface area contributed by atoms with Gasteiger partial charge >= 0.3 is 0 Å². The van der Waals surface area contributed by atoms with Crippen molar-refractivity contribution in [3.63, 3.8) is 0 Å². The first-order chi connectivity index (χ1) is 11.2. The number of nitrogens with one attached hydrogen (secondary N) is 2. The second kappa shape index (κ2) is 6.74. The first-order valence-corrected chi connectivity index (χ1v) is 7.17. The summed E-state index contributed by atoms with van der Waals surface area (Å²) in [5.74, 6) is -0.870. The van der Waals surface area contributed by atoms with E-state index in [1.807, 2.05) is 36.4 Å². The van der Waals surface area contributed by atoms with E-state index >= 15 is 0 Å². The number of oxime groups is 1. The summed E-state index contributed by atoms with van der Waals surface area (Å²) in [4.78, 5) is 29.2. The quantitative estimate of drug-likeness (QED) is 0.851. The molecule has 1 aliphatic heterocycles. The third-order valence-electron chi connectivity index (χ3n) is 3.43. The van der Waals surface area contributed by atoms with Crippen LogP contribution in [0.15, 0.2) is 65.8 Å². The third kappa shape index (κ3) is 3.55. The number of rotatable bonds is 3. The Labute approximate surface area is 133 Å². The Kier molecular flexibility index (Phi) is 4.33. The number of carbonyl (C=O) groups excluding carboxylic acids is 2. The molecule has 0 saturated carbocycles. The topological polar surface area (TPSA) is 79.8 Å². The maximum atomic E-state index is 12.0. The molecule has 0 aromatic heterocycles. The fraction of sp³-hybridized carbons (Fsp3) is 0.118. The highest BCUT2D eigenvalue weighted by Crippen LogP contribution is 2.26. The smallest absolute Gasteiger partial charge is 0.287 e. The van der Waals surface area contributed by atoms with Gasteiger partial charge in [0.15, 0.2) is 11.8 Å². The molecule has 1 unspecified atom stereocenters. The van der Waals surface area contributed by atoms with Crippen molar-refractivity contribution in [1.82, 2.24) is 10.9 Å². The SMILES string of the molecule is O=C(NNC(=O)c1ccccc1)C1=NOC(c2ccccc2)C1. The Bertz CT molecular complexity index is 729. The minimum Gasteiger partial charge on any atom is -0.387 e. The van der Waals surface area contributed by atoms with Gasteiger partial charge in [-0.1, -0.05) is 53.7 Å². The van der Waals surface area contributed by atoms with Crippen molar-refractivity contribution in [2.75, 3.05) is 0 Å². The maximum absolute atomic E-state index is 12.0. The molecule has 1 aliphatic rings. The summed E-state index contributed by atoms with van der Waals surface area (Å²) in [5.41, 5.74) is 6.35. The molecule has 0 bridgehead atoms. The average Bonchev–Trinajstić information content (AvgIpc) is 3.11. The minimum atomic E-state index is -0.479. The van der Waals surface area contributed by atoms with Gasteiger partial charge in [0, 0.05) is 12.0 Å². The largest absolute Gasteiger partial charge is 0.387 e. The van der Waals surface area contributed by atoms with Crippen LogP contribution in [-0.2, 0) is 9.63 Å². The molecule has 6 heteroatoms. The number of nitrogens with zero attached hydrogens (tertiary/aromatic N) is 1. The molecule has 1 atom stereocenters. The van der Waals surface area contributed by atoms with Crippen LogP contribution in [-0.4, -0.2) is 17.5 Å². The molecule has 0 radical (unpaired) electrons. The van der Waals surface area contributed by atoms with E-state index in [0.717, 1.165) is 5.56 Å². The molecule has 1 heterocycles. The van der Waals surface area contributed by atoms with Gasteiger partial charge in [0.2, 0.25) is 0 Å². The summed E-state index contributed by atoms with van der Waals surface area (Å²) in [6.45, 7) is 0. The lowest BCUT2D eigenvalue weighted by molar-refractivity contribution is -0.115. The summed E-state index contributed by atoms with van der Waals surface area (Å²) in [5, 5.41) is 3.80. The number of hydrogen-bond donors (Lipinski definition) is 2.